The van der Waals surface area contributed by atoms with Crippen LogP contribution in [-0.2, 0) is 0 Å². The molecule has 0 spiro atoms. The number of fused-ring (bicyclic) bond motifs is 1. The fourth-order valence-corrected chi connectivity index (χ4v) is 3.42. The van der Waals surface area contributed by atoms with E-state index < -0.39 is 0 Å². The maximum atomic E-state index is 6.09. The van der Waals surface area contributed by atoms with Gasteiger partial charge < -0.3 is 10.3 Å². The molecule has 0 radical (unpaired) electrons. The van der Waals surface area contributed by atoms with Crippen LogP contribution in [0.1, 0.15) is 5.69 Å². The lowest BCUT2D eigenvalue weighted by atomic mass is 10.2. The molecule has 0 aliphatic carbocycles. The van der Waals surface area contributed by atoms with Crippen molar-refractivity contribution >= 4 is 45.4 Å². The highest BCUT2D eigenvalue weighted by Gasteiger charge is 2.15. The number of aromatic amines is 1. The number of hydrogen-bond acceptors (Lipinski definition) is 5. The standard InChI is InChI=1S/C16H14ClN5S/c1-9-7-12-14(19-9)20-13(10-3-2-4-11(17)8-10)21-15(12)22-16-18-5-6-23-16/h2-4,7-8H,5-6H2,1H3,(H2,18,19,20,21,22). The molecule has 1 aromatic carbocycles. The van der Waals surface area contributed by atoms with Crippen LogP contribution >= 0.6 is 23.4 Å². The maximum Gasteiger partial charge on any atom is 0.163 e. The monoisotopic (exact) mass is 343 g/mol. The first kappa shape index (κ1) is 14.5. The van der Waals surface area contributed by atoms with Crippen molar-refractivity contribution in [3.63, 3.8) is 0 Å². The highest BCUT2D eigenvalue weighted by molar-refractivity contribution is 8.14. The number of H-pyrrole nitrogens is 1. The first-order valence-electron chi connectivity index (χ1n) is 7.26. The topological polar surface area (TPSA) is 66.0 Å². The third kappa shape index (κ3) is 2.92. The number of nitrogens with one attached hydrogen (secondary N) is 2. The summed E-state index contributed by atoms with van der Waals surface area (Å²) in [6.45, 7) is 2.85. The van der Waals surface area contributed by atoms with Gasteiger partial charge in [-0.05, 0) is 25.1 Å². The first-order chi connectivity index (χ1) is 11.2. The molecule has 5 nitrogen and oxygen atoms in total. The number of aryl methyl sites for hydroxylation is 1. The van der Waals surface area contributed by atoms with Gasteiger partial charge in [0.2, 0.25) is 0 Å². The number of halogens is 1. The molecule has 1 aliphatic heterocycles. The van der Waals surface area contributed by atoms with Crippen LogP contribution in [0.25, 0.3) is 22.4 Å². The Morgan fingerprint density at radius 3 is 2.96 bits per heavy atom. The smallest absolute Gasteiger partial charge is 0.163 e. The second kappa shape index (κ2) is 5.86. The Morgan fingerprint density at radius 1 is 1.26 bits per heavy atom. The number of thioether (sulfide) groups is 1. The normalized spacial score (nSPS) is 14.3. The van der Waals surface area contributed by atoms with Crippen molar-refractivity contribution in [2.45, 2.75) is 6.92 Å². The van der Waals surface area contributed by atoms with Crippen molar-refractivity contribution in [1.29, 1.82) is 0 Å². The summed E-state index contributed by atoms with van der Waals surface area (Å²) in [5, 5.41) is 5.86. The van der Waals surface area contributed by atoms with Crippen LogP contribution in [0.15, 0.2) is 35.3 Å². The summed E-state index contributed by atoms with van der Waals surface area (Å²) in [7, 11) is 0. The summed E-state index contributed by atoms with van der Waals surface area (Å²) in [6.07, 6.45) is 0. The van der Waals surface area contributed by atoms with Crippen LogP contribution in [0.2, 0.25) is 5.02 Å². The summed E-state index contributed by atoms with van der Waals surface area (Å²) in [5.41, 5.74) is 2.73. The predicted molar refractivity (Wildman–Crippen MR) is 97.5 cm³/mol. The van der Waals surface area contributed by atoms with E-state index >= 15 is 0 Å². The van der Waals surface area contributed by atoms with Gasteiger partial charge in [0.05, 0.1) is 11.9 Å². The third-order valence-electron chi connectivity index (χ3n) is 3.52. The lowest BCUT2D eigenvalue weighted by Crippen LogP contribution is -2.08. The van der Waals surface area contributed by atoms with Gasteiger partial charge in [0.1, 0.15) is 11.5 Å². The minimum absolute atomic E-state index is 0.632. The minimum atomic E-state index is 0.632. The maximum absolute atomic E-state index is 6.09. The Morgan fingerprint density at radius 2 is 2.17 bits per heavy atom. The van der Waals surface area contributed by atoms with E-state index in [0.717, 1.165) is 45.6 Å². The molecule has 116 valence electrons. The summed E-state index contributed by atoms with van der Waals surface area (Å²) < 4.78 is 0. The van der Waals surface area contributed by atoms with Gasteiger partial charge in [0, 0.05) is 22.0 Å². The van der Waals surface area contributed by atoms with Crippen molar-refractivity contribution < 1.29 is 0 Å². The molecule has 0 unspecified atom stereocenters. The number of rotatable bonds is 2. The van der Waals surface area contributed by atoms with E-state index in [1.165, 1.54) is 0 Å². The molecule has 0 saturated heterocycles. The Labute approximate surface area is 142 Å². The van der Waals surface area contributed by atoms with Gasteiger partial charge in [-0.15, -0.1) is 0 Å². The molecule has 2 aromatic heterocycles. The number of benzene rings is 1. The number of nitrogens with zero attached hydrogens (tertiary/aromatic N) is 3. The van der Waals surface area contributed by atoms with Gasteiger partial charge in [-0.2, -0.15) is 0 Å². The Kier molecular flexibility index (Phi) is 3.71. The molecule has 0 saturated carbocycles. The average Bonchev–Trinajstić information content (AvgIpc) is 3.15. The van der Waals surface area contributed by atoms with Gasteiger partial charge in [0.15, 0.2) is 11.0 Å². The quantitative estimate of drug-likeness (QED) is 0.735. The second-order valence-corrected chi connectivity index (χ2v) is 6.80. The molecule has 0 fully saturated rings. The molecule has 0 amide bonds. The fraction of sp³-hybridized carbons (Fsp3) is 0.188. The van der Waals surface area contributed by atoms with Gasteiger partial charge >= 0.3 is 0 Å². The van der Waals surface area contributed by atoms with Crippen LogP contribution in [0.3, 0.4) is 0 Å². The van der Waals surface area contributed by atoms with Crippen molar-refractivity contribution in [2.24, 2.45) is 4.99 Å². The molecule has 2 N–H and O–H groups in total. The highest BCUT2D eigenvalue weighted by Crippen LogP contribution is 2.28. The number of aromatic nitrogens is 3. The van der Waals surface area contributed by atoms with Crippen LogP contribution < -0.4 is 5.32 Å². The Bertz CT molecular complexity index is 918. The molecular formula is C16H14ClN5S. The number of anilines is 1. The number of hydrogen-bond donors (Lipinski definition) is 2. The van der Waals surface area contributed by atoms with E-state index in [0.29, 0.717) is 10.8 Å². The van der Waals surface area contributed by atoms with Crippen LogP contribution in [0, 0.1) is 6.92 Å². The van der Waals surface area contributed by atoms with Crippen LogP contribution in [-0.4, -0.2) is 32.4 Å². The second-order valence-electron chi connectivity index (χ2n) is 5.28. The van der Waals surface area contributed by atoms with Gasteiger partial charge in [-0.25, -0.2) is 9.97 Å². The lowest BCUT2D eigenvalue weighted by Gasteiger charge is -2.08. The number of amidine groups is 1. The molecule has 3 heterocycles. The molecule has 4 rings (SSSR count). The zero-order valence-electron chi connectivity index (χ0n) is 12.4. The molecule has 7 heteroatoms. The van der Waals surface area contributed by atoms with Crippen LogP contribution in [0.5, 0.6) is 0 Å². The van der Waals surface area contributed by atoms with Gasteiger partial charge in [-0.3, -0.25) is 4.99 Å². The molecule has 23 heavy (non-hydrogen) atoms. The fourth-order valence-electron chi connectivity index (χ4n) is 2.50. The summed E-state index contributed by atoms with van der Waals surface area (Å²) in [4.78, 5) is 17.0. The van der Waals surface area contributed by atoms with Crippen molar-refractivity contribution in [3.8, 4) is 11.4 Å². The molecule has 0 bridgehead atoms. The van der Waals surface area contributed by atoms with E-state index in [1.807, 2.05) is 37.3 Å². The van der Waals surface area contributed by atoms with Crippen molar-refractivity contribution in [2.75, 3.05) is 17.6 Å². The van der Waals surface area contributed by atoms with Gasteiger partial charge in [0.25, 0.3) is 0 Å². The first-order valence-corrected chi connectivity index (χ1v) is 8.63. The summed E-state index contributed by atoms with van der Waals surface area (Å²) >= 11 is 7.80. The lowest BCUT2D eigenvalue weighted by molar-refractivity contribution is 1.17. The van der Waals surface area contributed by atoms with Crippen molar-refractivity contribution in [3.05, 3.63) is 41.0 Å². The molecule has 0 atom stereocenters. The SMILES string of the molecule is Cc1cc2c(NC3=NCCS3)nc(-c3cccc(Cl)c3)nc2[nH]1. The van der Waals surface area contributed by atoms with Gasteiger partial charge in [-0.1, -0.05) is 35.5 Å². The van der Waals surface area contributed by atoms with E-state index in [1.54, 1.807) is 11.8 Å². The molecule has 3 aromatic rings. The molecule has 1 aliphatic rings. The van der Waals surface area contributed by atoms with E-state index in [4.69, 9.17) is 16.6 Å². The minimum Gasteiger partial charge on any atom is -0.343 e. The predicted octanol–water partition coefficient (Wildman–Crippen LogP) is 4.10. The molecular weight excluding hydrogens is 330 g/mol. The highest BCUT2D eigenvalue weighted by atomic mass is 35.5. The zero-order chi connectivity index (χ0) is 15.8. The van der Waals surface area contributed by atoms with E-state index in [-0.39, 0.29) is 0 Å². The largest absolute Gasteiger partial charge is 0.343 e. The Balaban J connectivity index is 1.85. The Hall–Kier alpha value is -2.05. The summed E-state index contributed by atoms with van der Waals surface area (Å²) in [6, 6.07) is 9.60. The van der Waals surface area contributed by atoms with E-state index in [9.17, 15) is 0 Å². The van der Waals surface area contributed by atoms with Crippen LogP contribution in [0.4, 0.5) is 5.82 Å². The zero-order valence-corrected chi connectivity index (χ0v) is 14.0. The summed E-state index contributed by atoms with van der Waals surface area (Å²) in [5.74, 6) is 2.40. The van der Waals surface area contributed by atoms with E-state index in [2.05, 4.69) is 20.3 Å². The number of aliphatic imine (C=N–C) groups is 1. The van der Waals surface area contributed by atoms with Crippen molar-refractivity contribution in [1.82, 2.24) is 15.0 Å². The average molecular weight is 344 g/mol. The third-order valence-corrected chi connectivity index (χ3v) is 4.64.